The minimum atomic E-state index is -0.479. The largest absolute Gasteiger partial charge is 0.508 e. The molecule has 6 nitrogen and oxygen atoms in total. The number of phenols is 1. The SMILES string of the molecule is CN(C)Cc1cncc(-c2ccc3[nH]nc(-c4cc5c(-c6cc(O)cc(F)c6)cccc5[nH]4)c3c2)c1. The Morgan fingerprint density at radius 3 is 2.58 bits per heavy atom. The van der Waals surface area contributed by atoms with Gasteiger partial charge in [0.05, 0.1) is 11.2 Å². The lowest BCUT2D eigenvalue weighted by Crippen LogP contribution is -2.10. The summed E-state index contributed by atoms with van der Waals surface area (Å²) < 4.78 is 14.0. The maximum absolute atomic E-state index is 14.0. The van der Waals surface area contributed by atoms with E-state index in [4.69, 9.17) is 0 Å². The number of H-pyrrole nitrogens is 2. The minimum Gasteiger partial charge on any atom is -0.508 e. The molecule has 3 N–H and O–H groups in total. The Kier molecular flexibility index (Phi) is 5.27. The molecule has 0 saturated carbocycles. The topological polar surface area (TPSA) is 80.8 Å². The molecular formula is C29H24FN5O. The first kappa shape index (κ1) is 22.0. The van der Waals surface area contributed by atoms with E-state index in [1.807, 2.05) is 56.8 Å². The molecule has 3 heterocycles. The van der Waals surface area contributed by atoms with E-state index < -0.39 is 5.82 Å². The van der Waals surface area contributed by atoms with Gasteiger partial charge in [-0.3, -0.25) is 10.1 Å². The fourth-order valence-corrected chi connectivity index (χ4v) is 4.76. The van der Waals surface area contributed by atoms with E-state index >= 15 is 0 Å². The van der Waals surface area contributed by atoms with E-state index in [-0.39, 0.29) is 5.75 Å². The van der Waals surface area contributed by atoms with Gasteiger partial charge in [0.25, 0.3) is 0 Å². The highest BCUT2D eigenvalue weighted by Gasteiger charge is 2.15. The van der Waals surface area contributed by atoms with Gasteiger partial charge in [0.2, 0.25) is 0 Å². The van der Waals surface area contributed by atoms with Crippen LogP contribution in [0, 0.1) is 5.82 Å². The van der Waals surface area contributed by atoms with E-state index in [2.05, 4.69) is 43.3 Å². The highest BCUT2D eigenvalue weighted by atomic mass is 19.1. The molecule has 36 heavy (non-hydrogen) atoms. The van der Waals surface area contributed by atoms with Gasteiger partial charge < -0.3 is 15.0 Å². The molecule has 3 aromatic heterocycles. The third-order valence-corrected chi connectivity index (χ3v) is 6.30. The van der Waals surface area contributed by atoms with Crippen molar-refractivity contribution in [3.05, 3.63) is 90.5 Å². The highest BCUT2D eigenvalue weighted by molar-refractivity contribution is 6.02. The van der Waals surface area contributed by atoms with Crippen molar-refractivity contribution in [3.8, 4) is 39.4 Å². The van der Waals surface area contributed by atoms with Gasteiger partial charge in [0.15, 0.2) is 0 Å². The van der Waals surface area contributed by atoms with Crippen LogP contribution in [0.25, 0.3) is 55.4 Å². The van der Waals surface area contributed by atoms with E-state index in [0.29, 0.717) is 5.56 Å². The molecule has 3 aromatic carbocycles. The van der Waals surface area contributed by atoms with Crippen molar-refractivity contribution < 1.29 is 9.50 Å². The molecule has 6 aromatic rings. The molecule has 6 rings (SSSR count). The average molecular weight is 478 g/mol. The van der Waals surface area contributed by atoms with Crippen LogP contribution in [0.2, 0.25) is 0 Å². The van der Waals surface area contributed by atoms with Crippen molar-refractivity contribution in [2.24, 2.45) is 0 Å². The summed E-state index contributed by atoms with van der Waals surface area (Å²) in [5.41, 5.74) is 8.18. The molecule has 0 unspecified atom stereocenters. The van der Waals surface area contributed by atoms with Crippen molar-refractivity contribution in [1.82, 2.24) is 25.1 Å². The van der Waals surface area contributed by atoms with Crippen molar-refractivity contribution in [2.45, 2.75) is 6.54 Å². The number of hydrogen-bond acceptors (Lipinski definition) is 4. The number of aromatic nitrogens is 4. The second-order valence-electron chi connectivity index (χ2n) is 9.30. The molecule has 0 spiro atoms. The number of nitrogens with zero attached hydrogens (tertiary/aromatic N) is 3. The summed E-state index contributed by atoms with van der Waals surface area (Å²) in [5, 5.41) is 19.6. The molecular weight excluding hydrogens is 453 g/mol. The maximum atomic E-state index is 14.0. The van der Waals surface area contributed by atoms with Crippen molar-refractivity contribution in [2.75, 3.05) is 14.1 Å². The van der Waals surface area contributed by atoms with Crippen molar-refractivity contribution >= 4 is 21.8 Å². The van der Waals surface area contributed by atoms with Crippen LogP contribution < -0.4 is 0 Å². The summed E-state index contributed by atoms with van der Waals surface area (Å²) >= 11 is 0. The lowest BCUT2D eigenvalue weighted by molar-refractivity contribution is 0.402. The molecule has 0 amide bonds. The number of rotatable bonds is 5. The summed E-state index contributed by atoms with van der Waals surface area (Å²) in [5.74, 6) is -0.583. The lowest BCUT2D eigenvalue weighted by Gasteiger charge is -2.10. The Hall–Kier alpha value is -4.49. The second-order valence-corrected chi connectivity index (χ2v) is 9.30. The van der Waals surface area contributed by atoms with Crippen LogP contribution >= 0.6 is 0 Å². The average Bonchev–Trinajstić information content (AvgIpc) is 3.46. The van der Waals surface area contributed by atoms with Gasteiger partial charge in [-0.25, -0.2) is 4.39 Å². The predicted octanol–water partition coefficient (Wildman–Crippen LogP) is 6.35. The third-order valence-electron chi connectivity index (χ3n) is 6.30. The molecule has 0 aliphatic rings. The van der Waals surface area contributed by atoms with Crippen LogP contribution in [0.5, 0.6) is 5.75 Å². The quantitative estimate of drug-likeness (QED) is 0.270. The van der Waals surface area contributed by atoms with Crippen LogP contribution in [-0.4, -0.2) is 44.3 Å². The minimum absolute atomic E-state index is 0.104. The first-order valence-electron chi connectivity index (χ1n) is 11.6. The normalized spacial score (nSPS) is 11.7. The Morgan fingerprint density at radius 2 is 1.75 bits per heavy atom. The number of pyridine rings is 1. The number of nitrogens with one attached hydrogen (secondary N) is 2. The lowest BCUT2D eigenvalue weighted by atomic mass is 10.0. The summed E-state index contributed by atoms with van der Waals surface area (Å²) in [6, 6.07) is 20.3. The molecule has 0 radical (unpaired) electrons. The molecule has 0 bridgehead atoms. The monoisotopic (exact) mass is 477 g/mol. The highest BCUT2D eigenvalue weighted by Crippen LogP contribution is 2.36. The van der Waals surface area contributed by atoms with Gasteiger partial charge in [-0.05, 0) is 78.8 Å². The van der Waals surface area contributed by atoms with E-state index in [9.17, 15) is 9.50 Å². The summed E-state index contributed by atoms with van der Waals surface area (Å²) in [6.45, 7) is 0.820. The zero-order valence-electron chi connectivity index (χ0n) is 19.9. The van der Waals surface area contributed by atoms with Gasteiger partial charge in [0, 0.05) is 46.9 Å². The fraction of sp³-hybridized carbons (Fsp3) is 0.103. The van der Waals surface area contributed by atoms with Crippen molar-refractivity contribution in [3.63, 3.8) is 0 Å². The Morgan fingerprint density at radius 1 is 0.861 bits per heavy atom. The summed E-state index contributed by atoms with van der Waals surface area (Å²) in [7, 11) is 4.08. The number of aromatic amines is 2. The molecule has 178 valence electrons. The molecule has 0 aliphatic carbocycles. The van der Waals surface area contributed by atoms with Crippen molar-refractivity contribution in [1.29, 1.82) is 0 Å². The molecule has 0 saturated heterocycles. The number of halogens is 1. The first-order chi connectivity index (χ1) is 17.4. The van der Waals surface area contributed by atoms with Crippen LogP contribution in [0.3, 0.4) is 0 Å². The van der Waals surface area contributed by atoms with Gasteiger partial charge in [-0.2, -0.15) is 5.10 Å². The number of fused-ring (bicyclic) bond motifs is 2. The molecule has 0 atom stereocenters. The molecule has 0 aliphatic heterocycles. The molecule has 0 fully saturated rings. The maximum Gasteiger partial charge on any atom is 0.127 e. The fourth-order valence-electron chi connectivity index (χ4n) is 4.76. The standard InChI is InChI=1S/C29H24FN5O/c1-35(2)16-17-8-20(15-31-14-17)18-6-7-27-25(11-18)29(34-33-27)28-13-24-23(4-3-5-26(24)32-28)19-9-21(30)12-22(36)10-19/h3-15,32,36H,16H2,1-2H3,(H,33,34). The van der Waals surface area contributed by atoms with Crippen LogP contribution in [-0.2, 0) is 6.54 Å². The van der Waals surface area contributed by atoms with Gasteiger partial charge in [-0.15, -0.1) is 0 Å². The van der Waals surface area contributed by atoms with E-state index in [0.717, 1.165) is 68.1 Å². The van der Waals surface area contributed by atoms with Crippen LogP contribution in [0.15, 0.2) is 79.1 Å². The zero-order valence-corrected chi connectivity index (χ0v) is 19.9. The number of benzene rings is 3. The van der Waals surface area contributed by atoms with Crippen LogP contribution in [0.1, 0.15) is 5.56 Å². The number of hydrogen-bond donors (Lipinski definition) is 3. The number of aromatic hydroxyl groups is 1. The van der Waals surface area contributed by atoms with Crippen LogP contribution in [0.4, 0.5) is 4.39 Å². The van der Waals surface area contributed by atoms with E-state index in [1.165, 1.54) is 6.07 Å². The van der Waals surface area contributed by atoms with Gasteiger partial charge in [-0.1, -0.05) is 18.2 Å². The summed E-state index contributed by atoms with van der Waals surface area (Å²) in [6.07, 6.45) is 3.77. The van der Waals surface area contributed by atoms with Gasteiger partial charge >= 0.3 is 0 Å². The second kappa shape index (κ2) is 8.62. The Labute approximate surface area is 207 Å². The Balaban J connectivity index is 1.45. The third kappa shape index (κ3) is 3.99. The molecule has 7 heteroatoms. The van der Waals surface area contributed by atoms with E-state index in [1.54, 1.807) is 6.07 Å². The number of phenolic OH excluding ortho intramolecular Hbond substituents is 1. The summed E-state index contributed by atoms with van der Waals surface area (Å²) in [4.78, 5) is 10.0. The zero-order chi connectivity index (χ0) is 24.8. The van der Waals surface area contributed by atoms with Gasteiger partial charge in [0.1, 0.15) is 17.3 Å². The predicted molar refractivity (Wildman–Crippen MR) is 141 cm³/mol. The Bertz CT molecular complexity index is 1710. The first-order valence-corrected chi connectivity index (χ1v) is 11.6. The smallest absolute Gasteiger partial charge is 0.127 e.